The van der Waals surface area contributed by atoms with Crippen LogP contribution < -0.4 is 10.6 Å². The van der Waals surface area contributed by atoms with Gasteiger partial charge in [0.1, 0.15) is 0 Å². The summed E-state index contributed by atoms with van der Waals surface area (Å²) in [6, 6.07) is 9.43. The number of benzene rings is 1. The normalized spacial score (nSPS) is 25.2. The Bertz CT molecular complexity index is 546. The lowest BCUT2D eigenvalue weighted by Gasteiger charge is -2.22. The molecule has 4 heteroatoms. The third-order valence-corrected chi connectivity index (χ3v) is 5.31. The predicted molar refractivity (Wildman–Crippen MR) is 101 cm³/mol. The lowest BCUT2D eigenvalue weighted by molar-refractivity contribution is 0.276. The molecule has 1 saturated carbocycles. The van der Waals surface area contributed by atoms with E-state index in [-0.39, 0.29) is 0 Å². The van der Waals surface area contributed by atoms with Crippen molar-refractivity contribution in [2.75, 3.05) is 20.1 Å². The van der Waals surface area contributed by atoms with Crippen molar-refractivity contribution < 1.29 is 0 Å². The SMILES string of the molecule is CN=C(NCc1ccccc1CN1CCCCCC1)NC1CC1C. The van der Waals surface area contributed by atoms with Crippen molar-refractivity contribution in [2.45, 2.75) is 58.2 Å². The van der Waals surface area contributed by atoms with E-state index < -0.39 is 0 Å². The molecule has 2 unspecified atom stereocenters. The summed E-state index contributed by atoms with van der Waals surface area (Å²) in [4.78, 5) is 6.98. The van der Waals surface area contributed by atoms with Crippen molar-refractivity contribution in [1.82, 2.24) is 15.5 Å². The van der Waals surface area contributed by atoms with Gasteiger partial charge in [-0.05, 0) is 49.4 Å². The van der Waals surface area contributed by atoms with Gasteiger partial charge >= 0.3 is 0 Å². The van der Waals surface area contributed by atoms with Crippen LogP contribution in [0.5, 0.6) is 0 Å². The maximum absolute atomic E-state index is 4.36. The zero-order valence-electron chi connectivity index (χ0n) is 15.2. The van der Waals surface area contributed by atoms with E-state index in [4.69, 9.17) is 0 Å². The van der Waals surface area contributed by atoms with Crippen molar-refractivity contribution in [3.05, 3.63) is 35.4 Å². The number of hydrogen-bond donors (Lipinski definition) is 2. The summed E-state index contributed by atoms with van der Waals surface area (Å²) in [6.45, 7) is 6.67. The summed E-state index contributed by atoms with van der Waals surface area (Å²) in [6.07, 6.45) is 6.72. The van der Waals surface area contributed by atoms with E-state index >= 15 is 0 Å². The Labute approximate surface area is 146 Å². The van der Waals surface area contributed by atoms with Gasteiger partial charge in [0.2, 0.25) is 0 Å². The fourth-order valence-corrected chi connectivity index (χ4v) is 3.49. The summed E-state index contributed by atoms with van der Waals surface area (Å²) in [5.74, 6) is 1.70. The van der Waals surface area contributed by atoms with Crippen LogP contribution in [0.15, 0.2) is 29.3 Å². The molecule has 1 heterocycles. The second kappa shape index (κ2) is 8.52. The van der Waals surface area contributed by atoms with Crippen molar-refractivity contribution >= 4 is 5.96 Å². The molecule has 2 fully saturated rings. The number of nitrogens with one attached hydrogen (secondary N) is 2. The molecule has 4 nitrogen and oxygen atoms in total. The molecule has 0 aromatic heterocycles. The Balaban J connectivity index is 1.56. The number of hydrogen-bond acceptors (Lipinski definition) is 2. The fraction of sp³-hybridized carbons (Fsp3) is 0.650. The van der Waals surface area contributed by atoms with Gasteiger partial charge in [0, 0.05) is 26.2 Å². The molecule has 1 saturated heterocycles. The summed E-state index contributed by atoms with van der Waals surface area (Å²) >= 11 is 0. The van der Waals surface area contributed by atoms with E-state index in [2.05, 4.69) is 51.7 Å². The van der Waals surface area contributed by atoms with Crippen LogP contribution in [0.4, 0.5) is 0 Å². The van der Waals surface area contributed by atoms with Gasteiger partial charge in [0.15, 0.2) is 5.96 Å². The highest BCUT2D eigenvalue weighted by Crippen LogP contribution is 2.28. The van der Waals surface area contributed by atoms with E-state index in [0.29, 0.717) is 6.04 Å². The minimum Gasteiger partial charge on any atom is -0.353 e. The first-order chi connectivity index (χ1) is 11.8. The minimum atomic E-state index is 0.601. The van der Waals surface area contributed by atoms with Gasteiger partial charge in [-0.1, -0.05) is 44.0 Å². The lowest BCUT2D eigenvalue weighted by atomic mass is 10.1. The first-order valence-corrected chi connectivity index (χ1v) is 9.52. The molecule has 24 heavy (non-hydrogen) atoms. The second-order valence-corrected chi connectivity index (χ2v) is 7.35. The van der Waals surface area contributed by atoms with E-state index in [1.165, 1.54) is 56.3 Å². The Morgan fingerprint density at radius 1 is 1.12 bits per heavy atom. The fourth-order valence-electron chi connectivity index (χ4n) is 3.49. The van der Waals surface area contributed by atoms with Gasteiger partial charge in [-0.3, -0.25) is 9.89 Å². The third kappa shape index (κ3) is 4.97. The zero-order valence-corrected chi connectivity index (χ0v) is 15.2. The standard InChI is InChI=1S/C20H32N4/c1-16-13-19(16)23-20(21-2)22-14-17-9-5-6-10-18(17)15-24-11-7-3-4-8-12-24/h5-6,9-10,16,19H,3-4,7-8,11-15H2,1-2H3,(H2,21,22,23). The van der Waals surface area contributed by atoms with Crippen LogP contribution in [-0.2, 0) is 13.1 Å². The first kappa shape index (κ1) is 17.3. The predicted octanol–water partition coefficient (Wildman–Crippen LogP) is 3.14. The highest BCUT2D eigenvalue weighted by molar-refractivity contribution is 5.80. The number of aliphatic imine (C=N–C) groups is 1. The van der Waals surface area contributed by atoms with Gasteiger partial charge in [0.05, 0.1) is 0 Å². The van der Waals surface area contributed by atoms with Crippen LogP contribution in [0.25, 0.3) is 0 Å². The lowest BCUT2D eigenvalue weighted by Crippen LogP contribution is -2.38. The van der Waals surface area contributed by atoms with E-state index in [1.54, 1.807) is 0 Å². The van der Waals surface area contributed by atoms with Gasteiger partial charge in [-0.25, -0.2) is 0 Å². The second-order valence-electron chi connectivity index (χ2n) is 7.35. The molecular weight excluding hydrogens is 296 g/mol. The zero-order chi connectivity index (χ0) is 16.8. The number of guanidine groups is 1. The molecule has 1 aliphatic carbocycles. The van der Waals surface area contributed by atoms with Crippen LogP contribution in [0.3, 0.4) is 0 Å². The van der Waals surface area contributed by atoms with Gasteiger partial charge in [-0.15, -0.1) is 0 Å². The molecule has 2 atom stereocenters. The van der Waals surface area contributed by atoms with Crippen LogP contribution in [0.1, 0.15) is 50.2 Å². The van der Waals surface area contributed by atoms with Crippen molar-refractivity contribution in [1.29, 1.82) is 0 Å². The molecule has 132 valence electrons. The van der Waals surface area contributed by atoms with Crippen LogP contribution in [0, 0.1) is 5.92 Å². The molecular formula is C20H32N4. The summed E-state index contributed by atoms with van der Waals surface area (Å²) in [5.41, 5.74) is 2.83. The number of nitrogens with zero attached hydrogens (tertiary/aromatic N) is 2. The average Bonchev–Trinajstić information content (AvgIpc) is 3.35. The van der Waals surface area contributed by atoms with E-state index in [0.717, 1.165) is 25.0 Å². The van der Waals surface area contributed by atoms with Crippen molar-refractivity contribution in [2.24, 2.45) is 10.9 Å². The smallest absolute Gasteiger partial charge is 0.191 e. The largest absolute Gasteiger partial charge is 0.353 e. The van der Waals surface area contributed by atoms with Crippen LogP contribution >= 0.6 is 0 Å². The quantitative estimate of drug-likeness (QED) is 0.644. The maximum Gasteiger partial charge on any atom is 0.191 e. The summed E-state index contributed by atoms with van der Waals surface area (Å²) in [5, 5.41) is 6.99. The monoisotopic (exact) mass is 328 g/mol. The molecule has 2 aliphatic rings. The van der Waals surface area contributed by atoms with Gasteiger partial charge in [-0.2, -0.15) is 0 Å². The Morgan fingerprint density at radius 2 is 1.79 bits per heavy atom. The molecule has 0 radical (unpaired) electrons. The van der Waals surface area contributed by atoms with E-state index in [9.17, 15) is 0 Å². The summed E-state index contributed by atoms with van der Waals surface area (Å²) in [7, 11) is 1.85. The van der Waals surface area contributed by atoms with Crippen molar-refractivity contribution in [3.63, 3.8) is 0 Å². The van der Waals surface area contributed by atoms with Gasteiger partial charge in [0.25, 0.3) is 0 Å². The van der Waals surface area contributed by atoms with Gasteiger partial charge < -0.3 is 10.6 Å². The molecule has 0 bridgehead atoms. The Morgan fingerprint density at radius 3 is 2.42 bits per heavy atom. The minimum absolute atomic E-state index is 0.601. The molecule has 1 aromatic rings. The molecule has 0 spiro atoms. The highest BCUT2D eigenvalue weighted by atomic mass is 15.2. The average molecular weight is 329 g/mol. The van der Waals surface area contributed by atoms with Crippen LogP contribution in [-0.4, -0.2) is 37.0 Å². The highest BCUT2D eigenvalue weighted by Gasteiger charge is 2.33. The maximum atomic E-state index is 4.36. The first-order valence-electron chi connectivity index (χ1n) is 9.52. The van der Waals surface area contributed by atoms with E-state index in [1.807, 2.05) is 7.05 Å². The Hall–Kier alpha value is -1.55. The third-order valence-electron chi connectivity index (χ3n) is 5.31. The molecule has 3 rings (SSSR count). The van der Waals surface area contributed by atoms with Crippen LogP contribution in [0.2, 0.25) is 0 Å². The molecule has 1 aromatic carbocycles. The molecule has 2 N–H and O–H groups in total. The molecule has 0 amide bonds. The molecule has 1 aliphatic heterocycles. The van der Waals surface area contributed by atoms with Crippen molar-refractivity contribution in [3.8, 4) is 0 Å². The Kier molecular flexibility index (Phi) is 6.13. The topological polar surface area (TPSA) is 39.7 Å². The summed E-state index contributed by atoms with van der Waals surface area (Å²) < 4.78 is 0. The number of likely N-dealkylation sites (tertiary alicyclic amines) is 1. The number of rotatable bonds is 5.